The van der Waals surface area contributed by atoms with Gasteiger partial charge in [0.05, 0.1) is 0 Å². The quantitative estimate of drug-likeness (QED) is 0.706. The van der Waals surface area contributed by atoms with Crippen molar-refractivity contribution in [1.82, 2.24) is 20.1 Å². The first kappa shape index (κ1) is 23.1. The molecule has 1 aromatic heterocycles. The number of rotatable bonds is 6. The van der Waals surface area contributed by atoms with Crippen molar-refractivity contribution in [2.75, 3.05) is 26.7 Å². The molecule has 1 saturated carbocycles. The molecule has 1 aliphatic heterocycles. The van der Waals surface area contributed by atoms with Crippen LogP contribution >= 0.6 is 12.4 Å². The van der Waals surface area contributed by atoms with Gasteiger partial charge in [0.2, 0.25) is 15.9 Å². The molecule has 2 fully saturated rings. The molecular weight excluding hydrogens is 404 g/mol. The maximum Gasteiger partial charge on any atom is 0.246 e. The number of carbonyl (C=O) groups excluding carboxylic acids is 1. The summed E-state index contributed by atoms with van der Waals surface area (Å²) < 4.78 is 33.9. The molecule has 10 heteroatoms. The minimum atomic E-state index is -3.89. The average molecular weight is 435 g/mol. The number of hydrogen-bond acceptors (Lipinski definition) is 6. The topological polar surface area (TPSA) is 105 Å². The van der Waals surface area contributed by atoms with Gasteiger partial charge in [0, 0.05) is 13.1 Å². The highest BCUT2D eigenvalue weighted by Crippen LogP contribution is 2.35. The van der Waals surface area contributed by atoms with E-state index in [9.17, 15) is 13.2 Å². The number of aromatic nitrogens is 1. The lowest BCUT2D eigenvalue weighted by Crippen LogP contribution is -2.59. The summed E-state index contributed by atoms with van der Waals surface area (Å²) in [5, 5.41) is 6.93. The Bertz CT molecular complexity index is 768. The Labute approximate surface area is 173 Å². The normalized spacial score (nSPS) is 22.1. The van der Waals surface area contributed by atoms with Gasteiger partial charge in [-0.2, -0.15) is 4.72 Å². The summed E-state index contributed by atoms with van der Waals surface area (Å²) in [6.45, 7) is 5.40. The SMILES string of the molecule is CNCC1CCCN(C(=O)C2(NS(=O)(=O)c3c(C)noc3C)CCCC2)C1.Cl. The Hall–Kier alpha value is -1.16. The van der Waals surface area contributed by atoms with Crippen LogP contribution in [0.25, 0.3) is 0 Å². The van der Waals surface area contributed by atoms with Crippen LogP contribution in [0.4, 0.5) is 0 Å². The van der Waals surface area contributed by atoms with Crippen LogP contribution in [0.1, 0.15) is 50.0 Å². The molecule has 1 unspecified atom stereocenters. The second kappa shape index (κ2) is 9.11. The monoisotopic (exact) mass is 434 g/mol. The molecule has 1 aromatic rings. The van der Waals surface area contributed by atoms with Crippen molar-refractivity contribution in [3.63, 3.8) is 0 Å². The minimum absolute atomic E-state index is 0. The smallest absolute Gasteiger partial charge is 0.246 e. The molecule has 0 bridgehead atoms. The first-order valence-corrected chi connectivity index (χ1v) is 11.2. The van der Waals surface area contributed by atoms with Gasteiger partial charge in [0.15, 0.2) is 5.76 Å². The standard InChI is InChI=1S/C18H30N4O4S.ClH/c1-13-16(14(2)26-20-13)27(24,25)21-18(8-4-5-9-18)17(23)22-10-6-7-15(12-22)11-19-3;/h15,19,21H,4-12H2,1-3H3;1H. The van der Waals surface area contributed by atoms with Gasteiger partial charge in [-0.05, 0) is 59.0 Å². The Morgan fingerprint density at radius 3 is 2.54 bits per heavy atom. The molecule has 28 heavy (non-hydrogen) atoms. The largest absolute Gasteiger partial charge is 0.360 e. The number of halogens is 1. The molecule has 2 N–H and O–H groups in total. The van der Waals surface area contributed by atoms with E-state index < -0.39 is 15.6 Å². The molecule has 1 atom stereocenters. The van der Waals surface area contributed by atoms with Crippen molar-refractivity contribution in [3.8, 4) is 0 Å². The number of nitrogens with one attached hydrogen (secondary N) is 2. The van der Waals surface area contributed by atoms with Gasteiger partial charge < -0.3 is 14.7 Å². The third kappa shape index (κ3) is 4.53. The summed E-state index contributed by atoms with van der Waals surface area (Å²) >= 11 is 0. The highest BCUT2D eigenvalue weighted by atomic mass is 35.5. The van der Waals surface area contributed by atoms with Gasteiger partial charge in [0.1, 0.15) is 16.1 Å². The number of amides is 1. The molecule has 1 amide bonds. The molecule has 1 saturated heterocycles. The number of piperidine rings is 1. The van der Waals surface area contributed by atoms with E-state index in [1.54, 1.807) is 13.8 Å². The fourth-order valence-corrected chi connectivity index (χ4v) is 6.26. The van der Waals surface area contributed by atoms with Crippen molar-refractivity contribution in [2.24, 2.45) is 5.92 Å². The summed E-state index contributed by atoms with van der Waals surface area (Å²) in [4.78, 5) is 15.3. The zero-order valence-corrected chi connectivity index (χ0v) is 18.4. The maximum absolute atomic E-state index is 13.4. The molecule has 1 aliphatic carbocycles. The Morgan fingerprint density at radius 2 is 1.96 bits per heavy atom. The molecule has 0 spiro atoms. The zero-order chi connectivity index (χ0) is 19.7. The Kier molecular flexibility index (Phi) is 7.52. The Balaban J connectivity index is 0.00000280. The Morgan fingerprint density at radius 1 is 1.29 bits per heavy atom. The van der Waals surface area contributed by atoms with Gasteiger partial charge in [-0.15, -0.1) is 12.4 Å². The van der Waals surface area contributed by atoms with Crippen LogP contribution in [-0.4, -0.2) is 56.6 Å². The van der Waals surface area contributed by atoms with Crippen LogP contribution in [0.2, 0.25) is 0 Å². The highest BCUT2D eigenvalue weighted by molar-refractivity contribution is 7.89. The lowest BCUT2D eigenvalue weighted by Gasteiger charge is -2.39. The maximum atomic E-state index is 13.4. The lowest BCUT2D eigenvalue weighted by atomic mass is 9.92. The molecule has 0 radical (unpaired) electrons. The fraction of sp³-hybridized carbons (Fsp3) is 0.778. The molecule has 2 heterocycles. The minimum Gasteiger partial charge on any atom is -0.360 e. The van der Waals surface area contributed by atoms with Crippen molar-refractivity contribution >= 4 is 28.3 Å². The van der Waals surface area contributed by atoms with E-state index in [0.29, 0.717) is 37.5 Å². The number of sulfonamides is 1. The summed E-state index contributed by atoms with van der Waals surface area (Å²) in [7, 11) is -1.98. The van der Waals surface area contributed by atoms with Gasteiger partial charge in [-0.25, -0.2) is 8.42 Å². The number of aryl methyl sites for hydroxylation is 2. The van der Waals surface area contributed by atoms with E-state index in [1.165, 1.54) is 0 Å². The molecule has 160 valence electrons. The van der Waals surface area contributed by atoms with E-state index in [2.05, 4.69) is 15.2 Å². The molecule has 0 aromatic carbocycles. The van der Waals surface area contributed by atoms with Gasteiger partial charge >= 0.3 is 0 Å². The van der Waals surface area contributed by atoms with Gasteiger partial charge in [-0.1, -0.05) is 18.0 Å². The van der Waals surface area contributed by atoms with Crippen LogP contribution < -0.4 is 10.0 Å². The number of carbonyl (C=O) groups is 1. The van der Waals surface area contributed by atoms with E-state index >= 15 is 0 Å². The van der Waals surface area contributed by atoms with Crippen molar-refractivity contribution in [3.05, 3.63) is 11.5 Å². The van der Waals surface area contributed by atoms with Gasteiger partial charge in [-0.3, -0.25) is 4.79 Å². The summed E-state index contributed by atoms with van der Waals surface area (Å²) in [6.07, 6.45) is 4.77. The number of nitrogens with zero attached hydrogens (tertiary/aromatic N) is 2. The van der Waals surface area contributed by atoms with Crippen LogP contribution in [0.5, 0.6) is 0 Å². The lowest BCUT2D eigenvalue weighted by molar-refractivity contribution is -0.139. The van der Waals surface area contributed by atoms with Crippen LogP contribution in [-0.2, 0) is 14.8 Å². The summed E-state index contributed by atoms with van der Waals surface area (Å²) in [6, 6.07) is 0. The third-order valence-electron chi connectivity index (χ3n) is 5.73. The first-order valence-electron chi connectivity index (χ1n) is 9.70. The first-order chi connectivity index (χ1) is 12.8. The van der Waals surface area contributed by atoms with E-state index in [4.69, 9.17) is 4.52 Å². The van der Waals surface area contributed by atoms with E-state index in [-0.39, 0.29) is 29.0 Å². The second-order valence-corrected chi connectivity index (χ2v) is 9.48. The van der Waals surface area contributed by atoms with Crippen LogP contribution in [0.15, 0.2) is 9.42 Å². The van der Waals surface area contributed by atoms with Crippen LogP contribution in [0, 0.1) is 19.8 Å². The predicted octanol–water partition coefficient (Wildman–Crippen LogP) is 1.76. The molecule has 3 rings (SSSR count). The third-order valence-corrected chi connectivity index (χ3v) is 7.51. The van der Waals surface area contributed by atoms with Crippen molar-refractivity contribution in [2.45, 2.75) is 62.8 Å². The fourth-order valence-electron chi connectivity index (χ4n) is 4.51. The number of likely N-dealkylation sites (tertiary alicyclic amines) is 1. The molecule has 2 aliphatic rings. The van der Waals surface area contributed by atoms with Crippen molar-refractivity contribution in [1.29, 1.82) is 0 Å². The molecule has 8 nitrogen and oxygen atoms in total. The second-order valence-electron chi connectivity index (χ2n) is 7.87. The predicted molar refractivity (Wildman–Crippen MR) is 108 cm³/mol. The van der Waals surface area contributed by atoms with E-state index in [0.717, 1.165) is 32.2 Å². The number of hydrogen-bond donors (Lipinski definition) is 2. The molecular formula is C18H31ClN4O4S. The zero-order valence-electron chi connectivity index (χ0n) is 16.8. The summed E-state index contributed by atoms with van der Waals surface area (Å²) in [5.41, 5.74) is -0.746. The van der Waals surface area contributed by atoms with E-state index in [1.807, 2.05) is 11.9 Å². The van der Waals surface area contributed by atoms with Crippen LogP contribution in [0.3, 0.4) is 0 Å². The average Bonchev–Trinajstić information content (AvgIpc) is 3.22. The highest BCUT2D eigenvalue weighted by Gasteiger charge is 2.48. The van der Waals surface area contributed by atoms with Crippen molar-refractivity contribution < 1.29 is 17.7 Å². The van der Waals surface area contributed by atoms with Gasteiger partial charge in [0.25, 0.3) is 0 Å². The summed E-state index contributed by atoms with van der Waals surface area (Å²) in [5.74, 6) is 0.564.